The Kier molecular flexibility index (Phi) is 7.08. The summed E-state index contributed by atoms with van der Waals surface area (Å²) in [5.41, 5.74) is 5.32. The van der Waals surface area contributed by atoms with E-state index in [1.165, 1.54) is 0 Å². The number of rotatable bonds is 7. The molecule has 3 rings (SSSR count). The third-order valence-corrected chi connectivity index (χ3v) is 5.08. The van der Waals surface area contributed by atoms with E-state index in [2.05, 4.69) is 17.6 Å². The number of amides is 2. The number of para-hydroxylation sites is 1. The molecular weight excluding hydrogens is 388 g/mol. The highest BCUT2D eigenvalue weighted by Gasteiger charge is 2.16. The number of nitrogens with one attached hydrogen (secondary N) is 2. The van der Waals surface area contributed by atoms with Crippen molar-refractivity contribution in [1.82, 2.24) is 0 Å². The molecule has 0 aliphatic carbocycles. The minimum atomic E-state index is -0.684. The van der Waals surface area contributed by atoms with Crippen LogP contribution >= 0.6 is 0 Å². The first-order valence-corrected chi connectivity index (χ1v) is 10.4. The number of benzene rings is 3. The molecule has 2 amide bonds. The van der Waals surface area contributed by atoms with Gasteiger partial charge in [-0.2, -0.15) is 0 Å². The van der Waals surface area contributed by atoms with E-state index in [1.54, 1.807) is 31.2 Å². The molecule has 1 atom stereocenters. The van der Waals surface area contributed by atoms with Gasteiger partial charge in [0.15, 0.2) is 6.10 Å². The van der Waals surface area contributed by atoms with Crippen molar-refractivity contribution in [2.24, 2.45) is 0 Å². The minimum absolute atomic E-state index is 0.187. The monoisotopic (exact) mass is 416 g/mol. The Bertz CT molecular complexity index is 1070. The lowest BCUT2D eigenvalue weighted by Crippen LogP contribution is -2.30. The van der Waals surface area contributed by atoms with Crippen molar-refractivity contribution in [3.63, 3.8) is 0 Å². The average Bonchev–Trinajstić information content (AvgIpc) is 2.76. The van der Waals surface area contributed by atoms with Crippen LogP contribution in [-0.2, 0) is 11.2 Å². The maximum absolute atomic E-state index is 12.6. The normalized spacial score (nSPS) is 11.5. The van der Waals surface area contributed by atoms with Crippen LogP contribution in [0, 0.1) is 13.8 Å². The third kappa shape index (κ3) is 5.72. The van der Waals surface area contributed by atoms with Gasteiger partial charge in [-0.3, -0.25) is 9.59 Å². The highest BCUT2D eigenvalue weighted by atomic mass is 16.5. The van der Waals surface area contributed by atoms with Crippen molar-refractivity contribution in [2.75, 3.05) is 10.6 Å². The highest BCUT2D eigenvalue weighted by molar-refractivity contribution is 6.04. The smallest absolute Gasteiger partial charge is 0.265 e. The molecule has 0 aliphatic heterocycles. The zero-order valence-electron chi connectivity index (χ0n) is 18.4. The number of anilines is 2. The molecule has 3 aromatic carbocycles. The van der Waals surface area contributed by atoms with Gasteiger partial charge in [0.05, 0.1) is 0 Å². The standard InChI is InChI=1S/C26H28N2O3/c1-5-20-8-6-7-9-24(20)28-26(30)21-11-13-22(14-12-21)31-19(4)25(29)27-23-15-10-17(2)16-18(23)3/h6-16,19H,5H2,1-4H3,(H,27,29)(H,28,30)/t19-/m1/s1. The molecule has 0 unspecified atom stereocenters. The van der Waals surface area contributed by atoms with Gasteiger partial charge in [0.1, 0.15) is 5.75 Å². The second-order valence-electron chi connectivity index (χ2n) is 7.56. The summed E-state index contributed by atoms with van der Waals surface area (Å²) in [4.78, 5) is 25.1. The van der Waals surface area contributed by atoms with Crippen LogP contribution in [0.15, 0.2) is 66.7 Å². The summed E-state index contributed by atoms with van der Waals surface area (Å²) in [6, 6.07) is 20.4. The molecule has 5 nitrogen and oxygen atoms in total. The molecule has 0 spiro atoms. The first kappa shape index (κ1) is 22.1. The molecule has 31 heavy (non-hydrogen) atoms. The number of ether oxygens (including phenoxy) is 1. The zero-order chi connectivity index (χ0) is 22.4. The fourth-order valence-corrected chi connectivity index (χ4v) is 3.28. The molecule has 0 aromatic heterocycles. The molecule has 0 radical (unpaired) electrons. The number of aryl methyl sites for hydroxylation is 3. The summed E-state index contributed by atoms with van der Waals surface area (Å²) in [5.74, 6) is 0.104. The van der Waals surface area contributed by atoms with Crippen LogP contribution in [-0.4, -0.2) is 17.9 Å². The SMILES string of the molecule is CCc1ccccc1NC(=O)c1ccc(O[C@H](C)C(=O)Nc2ccc(C)cc2C)cc1. The number of carbonyl (C=O) groups excluding carboxylic acids is 2. The Balaban J connectivity index is 1.60. The van der Waals surface area contributed by atoms with E-state index in [0.717, 1.165) is 34.5 Å². The maximum Gasteiger partial charge on any atom is 0.265 e. The van der Waals surface area contributed by atoms with E-state index in [4.69, 9.17) is 4.74 Å². The summed E-state index contributed by atoms with van der Waals surface area (Å²) in [6.07, 6.45) is 0.155. The van der Waals surface area contributed by atoms with E-state index in [9.17, 15) is 9.59 Å². The molecule has 0 saturated heterocycles. The van der Waals surface area contributed by atoms with Gasteiger partial charge in [0, 0.05) is 16.9 Å². The van der Waals surface area contributed by atoms with Gasteiger partial charge < -0.3 is 15.4 Å². The van der Waals surface area contributed by atoms with Crippen molar-refractivity contribution < 1.29 is 14.3 Å². The predicted octanol–water partition coefficient (Wildman–Crippen LogP) is 5.52. The average molecular weight is 417 g/mol. The minimum Gasteiger partial charge on any atom is -0.481 e. The van der Waals surface area contributed by atoms with Crippen LogP contribution in [0.4, 0.5) is 11.4 Å². The second kappa shape index (κ2) is 9.94. The summed E-state index contributed by atoms with van der Waals surface area (Å²) >= 11 is 0. The van der Waals surface area contributed by atoms with Gasteiger partial charge in [-0.05, 0) is 74.7 Å². The number of carbonyl (C=O) groups is 2. The van der Waals surface area contributed by atoms with Crippen LogP contribution in [0.5, 0.6) is 5.75 Å². The van der Waals surface area contributed by atoms with Crippen LogP contribution in [0.1, 0.15) is 40.9 Å². The Hall–Kier alpha value is -3.60. The molecule has 3 aromatic rings. The molecule has 0 saturated carbocycles. The Morgan fingerprint density at radius 2 is 1.61 bits per heavy atom. The summed E-state index contributed by atoms with van der Waals surface area (Å²) in [7, 11) is 0. The maximum atomic E-state index is 12.6. The van der Waals surface area contributed by atoms with Gasteiger partial charge in [-0.1, -0.05) is 42.8 Å². The highest BCUT2D eigenvalue weighted by Crippen LogP contribution is 2.20. The van der Waals surface area contributed by atoms with Gasteiger partial charge in [-0.25, -0.2) is 0 Å². The molecule has 0 fully saturated rings. The second-order valence-corrected chi connectivity index (χ2v) is 7.56. The van der Waals surface area contributed by atoms with Crippen molar-refractivity contribution in [3.05, 3.63) is 89.0 Å². The largest absolute Gasteiger partial charge is 0.481 e. The van der Waals surface area contributed by atoms with Gasteiger partial charge >= 0.3 is 0 Å². The fourth-order valence-electron chi connectivity index (χ4n) is 3.28. The lowest BCUT2D eigenvalue weighted by molar-refractivity contribution is -0.122. The number of hydrogen-bond donors (Lipinski definition) is 2. The van der Waals surface area contributed by atoms with Crippen LogP contribution < -0.4 is 15.4 Å². The Morgan fingerprint density at radius 1 is 0.903 bits per heavy atom. The van der Waals surface area contributed by atoms with E-state index < -0.39 is 6.10 Å². The van der Waals surface area contributed by atoms with Crippen molar-refractivity contribution in [3.8, 4) is 5.75 Å². The van der Waals surface area contributed by atoms with E-state index in [1.807, 2.05) is 56.3 Å². The summed E-state index contributed by atoms with van der Waals surface area (Å²) in [6.45, 7) is 7.71. The Morgan fingerprint density at radius 3 is 2.29 bits per heavy atom. The molecule has 5 heteroatoms. The van der Waals surface area contributed by atoms with Crippen LogP contribution in [0.3, 0.4) is 0 Å². The van der Waals surface area contributed by atoms with E-state index in [0.29, 0.717) is 11.3 Å². The summed E-state index contributed by atoms with van der Waals surface area (Å²) < 4.78 is 5.76. The summed E-state index contributed by atoms with van der Waals surface area (Å²) in [5, 5.41) is 5.85. The number of hydrogen-bond acceptors (Lipinski definition) is 3. The fraction of sp³-hybridized carbons (Fsp3) is 0.231. The van der Waals surface area contributed by atoms with Crippen molar-refractivity contribution in [2.45, 2.75) is 40.2 Å². The quantitative estimate of drug-likeness (QED) is 0.533. The van der Waals surface area contributed by atoms with Crippen molar-refractivity contribution >= 4 is 23.2 Å². The van der Waals surface area contributed by atoms with Gasteiger partial charge in [0.25, 0.3) is 11.8 Å². The first-order valence-electron chi connectivity index (χ1n) is 10.4. The zero-order valence-corrected chi connectivity index (χ0v) is 18.4. The van der Waals surface area contributed by atoms with Gasteiger partial charge in [-0.15, -0.1) is 0 Å². The molecule has 0 heterocycles. The lowest BCUT2D eigenvalue weighted by Gasteiger charge is -2.16. The lowest BCUT2D eigenvalue weighted by atomic mass is 10.1. The molecular formula is C26H28N2O3. The molecule has 0 aliphatic rings. The van der Waals surface area contributed by atoms with E-state index in [-0.39, 0.29) is 11.8 Å². The predicted molar refractivity (Wildman–Crippen MR) is 125 cm³/mol. The van der Waals surface area contributed by atoms with Crippen LogP contribution in [0.25, 0.3) is 0 Å². The van der Waals surface area contributed by atoms with E-state index >= 15 is 0 Å². The topological polar surface area (TPSA) is 67.4 Å². The third-order valence-electron chi connectivity index (χ3n) is 5.08. The molecule has 2 N–H and O–H groups in total. The van der Waals surface area contributed by atoms with Gasteiger partial charge in [0.2, 0.25) is 0 Å². The molecule has 160 valence electrons. The molecule has 0 bridgehead atoms. The van der Waals surface area contributed by atoms with Crippen LogP contribution in [0.2, 0.25) is 0 Å². The Labute approximate surface area is 183 Å². The first-order chi connectivity index (χ1) is 14.9. The van der Waals surface area contributed by atoms with Crippen molar-refractivity contribution in [1.29, 1.82) is 0 Å².